The highest BCUT2D eigenvalue weighted by molar-refractivity contribution is 7.80. The number of ether oxygens (including phenoxy) is 1. The average molecular weight is 188 g/mol. The lowest BCUT2D eigenvalue weighted by Gasteiger charge is -2.35. The summed E-state index contributed by atoms with van der Waals surface area (Å²) in [6.07, 6.45) is 3.59. The van der Waals surface area contributed by atoms with E-state index in [9.17, 15) is 0 Å². The lowest BCUT2D eigenvalue weighted by molar-refractivity contribution is 0.107. The van der Waals surface area contributed by atoms with E-state index in [1.54, 1.807) is 7.11 Å². The number of methoxy groups -OCH3 is 1. The van der Waals surface area contributed by atoms with Crippen LogP contribution in [-0.4, -0.2) is 36.3 Å². The zero-order valence-corrected chi connectivity index (χ0v) is 8.27. The summed E-state index contributed by atoms with van der Waals surface area (Å²) in [4.78, 5) is 2.07. The molecule has 1 unspecified atom stereocenters. The molecule has 0 amide bonds. The van der Waals surface area contributed by atoms with E-state index in [4.69, 9.17) is 22.7 Å². The molecule has 0 aromatic heterocycles. The van der Waals surface area contributed by atoms with Crippen molar-refractivity contribution >= 4 is 17.3 Å². The van der Waals surface area contributed by atoms with E-state index in [0.717, 1.165) is 19.6 Å². The van der Waals surface area contributed by atoms with E-state index in [1.165, 1.54) is 12.8 Å². The number of piperidine rings is 1. The van der Waals surface area contributed by atoms with Crippen LogP contribution in [0.15, 0.2) is 0 Å². The summed E-state index contributed by atoms with van der Waals surface area (Å²) in [5, 5.41) is 0.511. The largest absolute Gasteiger partial charge is 0.383 e. The molecule has 0 aliphatic carbocycles. The molecule has 1 aliphatic rings. The molecule has 12 heavy (non-hydrogen) atoms. The van der Waals surface area contributed by atoms with Crippen molar-refractivity contribution in [2.24, 2.45) is 5.73 Å². The number of rotatable bonds is 2. The Labute approximate surface area is 78.9 Å². The molecule has 0 spiro atoms. The Balaban J connectivity index is 2.48. The Kier molecular flexibility index (Phi) is 3.75. The monoisotopic (exact) mass is 188 g/mol. The summed E-state index contributed by atoms with van der Waals surface area (Å²) in [5.74, 6) is 0. The highest BCUT2D eigenvalue weighted by Gasteiger charge is 2.22. The highest BCUT2D eigenvalue weighted by atomic mass is 32.1. The van der Waals surface area contributed by atoms with Gasteiger partial charge in [0.05, 0.1) is 12.6 Å². The van der Waals surface area contributed by atoms with Gasteiger partial charge in [0.25, 0.3) is 0 Å². The molecule has 1 saturated heterocycles. The Bertz CT molecular complexity index is 161. The number of hydrogen-bond donors (Lipinski definition) is 1. The van der Waals surface area contributed by atoms with Crippen LogP contribution in [0.1, 0.15) is 19.3 Å². The van der Waals surface area contributed by atoms with Crippen LogP contribution in [-0.2, 0) is 4.74 Å². The quantitative estimate of drug-likeness (QED) is 0.648. The molecular formula is C8H16N2OS. The normalized spacial score (nSPS) is 24.1. The minimum absolute atomic E-state index is 0.404. The fraction of sp³-hybridized carbons (Fsp3) is 0.875. The third-order valence-electron chi connectivity index (χ3n) is 2.27. The van der Waals surface area contributed by atoms with Crippen LogP contribution in [0.2, 0.25) is 0 Å². The summed E-state index contributed by atoms with van der Waals surface area (Å²) in [7, 11) is 1.71. The second kappa shape index (κ2) is 4.62. The number of nitrogens with two attached hydrogens (primary N) is 1. The van der Waals surface area contributed by atoms with Crippen molar-refractivity contribution in [3.8, 4) is 0 Å². The SMILES string of the molecule is COCC1CCCCN1C(N)=S. The van der Waals surface area contributed by atoms with Crippen molar-refractivity contribution in [2.75, 3.05) is 20.3 Å². The summed E-state index contributed by atoms with van der Waals surface area (Å²) in [6.45, 7) is 1.72. The van der Waals surface area contributed by atoms with Crippen molar-refractivity contribution < 1.29 is 4.74 Å². The zero-order valence-electron chi connectivity index (χ0n) is 7.45. The van der Waals surface area contributed by atoms with Crippen LogP contribution >= 0.6 is 12.2 Å². The van der Waals surface area contributed by atoms with Gasteiger partial charge in [-0.2, -0.15) is 0 Å². The van der Waals surface area contributed by atoms with Gasteiger partial charge in [0.1, 0.15) is 0 Å². The smallest absolute Gasteiger partial charge is 0.166 e. The topological polar surface area (TPSA) is 38.5 Å². The number of thiocarbonyl (C=S) groups is 1. The molecule has 4 heteroatoms. The molecule has 0 aromatic rings. The van der Waals surface area contributed by atoms with Gasteiger partial charge < -0.3 is 15.4 Å². The Morgan fingerprint density at radius 1 is 1.67 bits per heavy atom. The lowest BCUT2D eigenvalue weighted by atomic mass is 10.0. The summed E-state index contributed by atoms with van der Waals surface area (Å²) < 4.78 is 5.10. The molecule has 0 bridgehead atoms. The summed E-state index contributed by atoms with van der Waals surface area (Å²) in [6, 6.07) is 0.404. The second-order valence-corrected chi connectivity index (χ2v) is 3.55. The van der Waals surface area contributed by atoms with E-state index in [1.807, 2.05) is 0 Å². The van der Waals surface area contributed by atoms with Gasteiger partial charge >= 0.3 is 0 Å². The van der Waals surface area contributed by atoms with Gasteiger partial charge in [0, 0.05) is 13.7 Å². The Hall–Kier alpha value is -0.350. The molecule has 0 saturated carbocycles. The average Bonchev–Trinajstić information content (AvgIpc) is 2.05. The maximum absolute atomic E-state index is 5.59. The van der Waals surface area contributed by atoms with Crippen LogP contribution in [0.25, 0.3) is 0 Å². The molecular weight excluding hydrogens is 172 g/mol. The molecule has 1 heterocycles. The fourth-order valence-electron chi connectivity index (χ4n) is 1.66. The molecule has 2 N–H and O–H groups in total. The van der Waals surface area contributed by atoms with Crippen molar-refractivity contribution in [1.82, 2.24) is 4.90 Å². The Morgan fingerprint density at radius 2 is 2.42 bits per heavy atom. The standard InChI is InChI=1S/C8H16N2OS/c1-11-6-7-4-2-3-5-10(7)8(9)12/h7H,2-6H2,1H3,(H2,9,12). The van der Waals surface area contributed by atoms with Gasteiger partial charge in [-0.15, -0.1) is 0 Å². The molecule has 1 rings (SSSR count). The van der Waals surface area contributed by atoms with E-state index in [2.05, 4.69) is 4.90 Å². The predicted octanol–water partition coefficient (Wildman–Crippen LogP) is 0.731. The van der Waals surface area contributed by atoms with Crippen molar-refractivity contribution in [3.05, 3.63) is 0 Å². The summed E-state index contributed by atoms with van der Waals surface area (Å²) >= 11 is 4.95. The first-order valence-electron chi connectivity index (χ1n) is 4.30. The number of nitrogens with zero attached hydrogens (tertiary/aromatic N) is 1. The summed E-state index contributed by atoms with van der Waals surface area (Å²) in [5.41, 5.74) is 5.59. The highest BCUT2D eigenvalue weighted by Crippen LogP contribution is 2.16. The third kappa shape index (κ3) is 2.32. The van der Waals surface area contributed by atoms with Gasteiger partial charge in [0.15, 0.2) is 5.11 Å². The van der Waals surface area contributed by atoms with Gasteiger partial charge in [-0.05, 0) is 31.5 Å². The maximum Gasteiger partial charge on any atom is 0.166 e. The van der Waals surface area contributed by atoms with Crippen LogP contribution in [0.4, 0.5) is 0 Å². The van der Waals surface area contributed by atoms with Gasteiger partial charge in [-0.3, -0.25) is 0 Å². The predicted molar refractivity (Wildman–Crippen MR) is 53.0 cm³/mol. The minimum atomic E-state index is 0.404. The zero-order chi connectivity index (χ0) is 8.97. The fourth-order valence-corrected chi connectivity index (χ4v) is 1.90. The van der Waals surface area contributed by atoms with Gasteiger partial charge in [-0.1, -0.05) is 0 Å². The van der Waals surface area contributed by atoms with E-state index in [0.29, 0.717) is 11.2 Å². The van der Waals surface area contributed by atoms with Gasteiger partial charge in [0.2, 0.25) is 0 Å². The maximum atomic E-state index is 5.59. The van der Waals surface area contributed by atoms with Crippen LogP contribution in [0.3, 0.4) is 0 Å². The molecule has 1 atom stereocenters. The van der Waals surface area contributed by atoms with Crippen molar-refractivity contribution in [3.63, 3.8) is 0 Å². The first-order valence-corrected chi connectivity index (χ1v) is 4.71. The minimum Gasteiger partial charge on any atom is -0.383 e. The molecule has 1 fully saturated rings. The molecule has 3 nitrogen and oxygen atoms in total. The third-order valence-corrected chi connectivity index (χ3v) is 2.50. The van der Waals surface area contributed by atoms with Gasteiger partial charge in [-0.25, -0.2) is 0 Å². The van der Waals surface area contributed by atoms with E-state index < -0.39 is 0 Å². The molecule has 0 aromatic carbocycles. The first kappa shape index (κ1) is 9.74. The van der Waals surface area contributed by atoms with E-state index in [-0.39, 0.29) is 0 Å². The molecule has 70 valence electrons. The molecule has 1 aliphatic heterocycles. The Morgan fingerprint density at radius 3 is 3.00 bits per heavy atom. The van der Waals surface area contributed by atoms with E-state index >= 15 is 0 Å². The second-order valence-electron chi connectivity index (χ2n) is 3.14. The first-order chi connectivity index (χ1) is 5.75. The van der Waals surface area contributed by atoms with Crippen molar-refractivity contribution in [1.29, 1.82) is 0 Å². The molecule has 0 radical (unpaired) electrons. The number of hydrogen-bond acceptors (Lipinski definition) is 2. The van der Waals surface area contributed by atoms with Crippen molar-refractivity contribution in [2.45, 2.75) is 25.3 Å². The van der Waals surface area contributed by atoms with Crippen LogP contribution in [0, 0.1) is 0 Å². The van der Waals surface area contributed by atoms with Crippen LogP contribution < -0.4 is 5.73 Å². The lowest BCUT2D eigenvalue weighted by Crippen LogP contribution is -2.48. The van der Waals surface area contributed by atoms with Crippen LogP contribution in [0.5, 0.6) is 0 Å². The number of likely N-dealkylation sites (tertiary alicyclic amines) is 1.